The molecule has 3 atom stereocenters. The molecule has 0 bridgehead atoms. The van der Waals surface area contributed by atoms with Gasteiger partial charge in [0.15, 0.2) is 0 Å². The van der Waals surface area contributed by atoms with Gasteiger partial charge in [-0.1, -0.05) is 0 Å². The van der Waals surface area contributed by atoms with Gasteiger partial charge in [0.25, 0.3) is 0 Å². The Balaban J connectivity index is 1.77. The lowest BCUT2D eigenvalue weighted by Gasteiger charge is -2.45. The molecule has 5 heteroatoms. The van der Waals surface area contributed by atoms with E-state index in [0.717, 1.165) is 38.5 Å². The van der Waals surface area contributed by atoms with Crippen LogP contribution in [-0.4, -0.2) is 48.1 Å². The van der Waals surface area contributed by atoms with Crippen molar-refractivity contribution in [1.29, 1.82) is 0 Å². The topological polar surface area (TPSA) is 58.6 Å². The molecule has 0 aromatic carbocycles. The van der Waals surface area contributed by atoms with Gasteiger partial charge in [-0.25, -0.2) is 0 Å². The molecule has 3 unspecified atom stereocenters. The van der Waals surface area contributed by atoms with E-state index in [1.54, 1.807) is 7.11 Å². The summed E-state index contributed by atoms with van der Waals surface area (Å²) in [4.78, 5) is 26.7. The molecule has 3 fully saturated rings. The van der Waals surface area contributed by atoms with E-state index >= 15 is 0 Å². The zero-order valence-corrected chi connectivity index (χ0v) is 12.4. The van der Waals surface area contributed by atoms with Crippen LogP contribution in [0, 0.1) is 5.92 Å². The van der Waals surface area contributed by atoms with Crippen LogP contribution in [0.25, 0.3) is 0 Å². The van der Waals surface area contributed by atoms with Crippen molar-refractivity contribution in [3.8, 4) is 0 Å². The number of piperazine rings is 1. The third-order valence-electron chi connectivity index (χ3n) is 5.18. The van der Waals surface area contributed by atoms with E-state index in [1.165, 1.54) is 0 Å². The Morgan fingerprint density at radius 2 is 2.00 bits per heavy atom. The fourth-order valence-corrected chi connectivity index (χ4v) is 3.76. The quantitative estimate of drug-likeness (QED) is 0.841. The van der Waals surface area contributed by atoms with Gasteiger partial charge in [0.1, 0.15) is 5.54 Å². The van der Waals surface area contributed by atoms with Crippen LogP contribution in [0.3, 0.4) is 0 Å². The molecule has 2 saturated carbocycles. The molecule has 1 N–H and O–H groups in total. The minimum atomic E-state index is -0.671. The summed E-state index contributed by atoms with van der Waals surface area (Å²) in [6.45, 7) is 2.11. The third kappa shape index (κ3) is 2.32. The first kappa shape index (κ1) is 13.9. The van der Waals surface area contributed by atoms with Gasteiger partial charge in [-0.3, -0.25) is 9.59 Å². The van der Waals surface area contributed by atoms with Gasteiger partial charge in [0.05, 0.1) is 12.6 Å². The molecule has 3 rings (SSSR count). The van der Waals surface area contributed by atoms with E-state index in [1.807, 2.05) is 11.8 Å². The molecule has 2 amide bonds. The van der Waals surface area contributed by atoms with Gasteiger partial charge in [0, 0.05) is 13.2 Å². The monoisotopic (exact) mass is 280 g/mol. The van der Waals surface area contributed by atoms with E-state index in [-0.39, 0.29) is 30.5 Å². The lowest BCUT2D eigenvalue weighted by atomic mass is 9.86. The maximum Gasteiger partial charge on any atom is 0.249 e. The number of nitrogens with zero attached hydrogens (tertiary/aromatic N) is 1. The van der Waals surface area contributed by atoms with Crippen molar-refractivity contribution in [3.05, 3.63) is 0 Å². The third-order valence-corrected chi connectivity index (χ3v) is 5.18. The predicted molar refractivity (Wildman–Crippen MR) is 74.0 cm³/mol. The Morgan fingerprint density at radius 3 is 2.65 bits per heavy atom. The average Bonchev–Trinajstić information content (AvgIpc) is 3.28. The first-order valence-corrected chi connectivity index (χ1v) is 7.69. The molecule has 0 aromatic rings. The molecule has 20 heavy (non-hydrogen) atoms. The summed E-state index contributed by atoms with van der Waals surface area (Å²) in [6.07, 6.45) is 6.27. The lowest BCUT2D eigenvalue weighted by molar-refractivity contribution is -0.154. The van der Waals surface area contributed by atoms with Crippen LogP contribution in [0.15, 0.2) is 0 Å². The van der Waals surface area contributed by atoms with Crippen LogP contribution in [0.4, 0.5) is 0 Å². The van der Waals surface area contributed by atoms with Crippen molar-refractivity contribution >= 4 is 11.8 Å². The van der Waals surface area contributed by atoms with Gasteiger partial charge < -0.3 is 15.0 Å². The maximum absolute atomic E-state index is 12.8. The fraction of sp³-hybridized carbons (Fsp3) is 0.867. The summed E-state index contributed by atoms with van der Waals surface area (Å²) in [5.41, 5.74) is -0.671. The van der Waals surface area contributed by atoms with Crippen molar-refractivity contribution in [2.75, 3.05) is 13.7 Å². The number of carbonyl (C=O) groups is 2. The highest BCUT2D eigenvalue weighted by molar-refractivity contribution is 5.98. The molecule has 0 aromatic heterocycles. The number of nitrogens with one attached hydrogen (secondary N) is 1. The minimum Gasteiger partial charge on any atom is -0.381 e. The van der Waals surface area contributed by atoms with Crippen LogP contribution in [0.5, 0.6) is 0 Å². The Bertz CT molecular complexity index is 421. The second kappa shape index (κ2) is 5.02. The van der Waals surface area contributed by atoms with E-state index in [2.05, 4.69) is 5.32 Å². The highest BCUT2D eigenvalue weighted by Gasteiger charge is 2.53. The second-order valence-electron chi connectivity index (χ2n) is 6.64. The van der Waals surface area contributed by atoms with E-state index in [4.69, 9.17) is 4.74 Å². The highest BCUT2D eigenvalue weighted by Crippen LogP contribution is 2.42. The van der Waals surface area contributed by atoms with Gasteiger partial charge >= 0.3 is 0 Å². The smallest absolute Gasteiger partial charge is 0.249 e. The van der Waals surface area contributed by atoms with E-state index in [9.17, 15) is 9.59 Å². The molecule has 1 aliphatic heterocycles. The normalized spacial score (nSPS) is 38.8. The number of amides is 2. The summed E-state index contributed by atoms with van der Waals surface area (Å²) in [5, 5.41) is 2.94. The number of hydrogen-bond donors (Lipinski definition) is 1. The van der Waals surface area contributed by atoms with Crippen LogP contribution in [-0.2, 0) is 14.3 Å². The van der Waals surface area contributed by atoms with Crippen LogP contribution < -0.4 is 5.32 Å². The number of hydrogen-bond acceptors (Lipinski definition) is 3. The number of rotatable bonds is 3. The zero-order chi connectivity index (χ0) is 14.3. The summed E-state index contributed by atoms with van der Waals surface area (Å²) in [5.74, 6) is 0.420. The molecular weight excluding hydrogens is 256 g/mol. The summed E-state index contributed by atoms with van der Waals surface area (Å²) in [7, 11) is 1.73. The largest absolute Gasteiger partial charge is 0.381 e. The molecule has 112 valence electrons. The standard InChI is InChI=1S/C15H24N2O3/c1-15(10-6-7-10)14(19)17(9-13(18)16-15)11-4-3-5-12(8-11)20-2/h10-12H,3-9H2,1-2H3,(H,16,18). The summed E-state index contributed by atoms with van der Waals surface area (Å²) < 4.78 is 5.45. The van der Waals surface area contributed by atoms with Gasteiger partial charge in [-0.2, -0.15) is 0 Å². The Morgan fingerprint density at radius 1 is 1.25 bits per heavy atom. The van der Waals surface area contributed by atoms with Crippen LogP contribution >= 0.6 is 0 Å². The van der Waals surface area contributed by atoms with Gasteiger partial charge in [-0.15, -0.1) is 0 Å². The molecule has 2 aliphatic carbocycles. The van der Waals surface area contributed by atoms with Crippen molar-refractivity contribution in [2.24, 2.45) is 5.92 Å². The molecule has 1 saturated heterocycles. The lowest BCUT2D eigenvalue weighted by Crippen LogP contribution is -2.68. The number of methoxy groups -OCH3 is 1. The van der Waals surface area contributed by atoms with Crippen molar-refractivity contribution in [2.45, 2.75) is 63.1 Å². The molecular formula is C15H24N2O3. The van der Waals surface area contributed by atoms with Crippen molar-refractivity contribution in [1.82, 2.24) is 10.2 Å². The van der Waals surface area contributed by atoms with E-state index < -0.39 is 5.54 Å². The molecule has 5 nitrogen and oxygen atoms in total. The van der Waals surface area contributed by atoms with Crippen LogP contribution in [0.2, 0.25) is 0 Å². The zero-order valence-electron chi connectivity index (χ0n) is 12.4. The summed E-state index contributed by atoms with van der Waals surface area (Å²) >= 11 is 0. The molecule has 1 heterocycles. The van der Waals surface area contributed by atoms with Crippen LogP contribution in [0.1, 0.15) is 45.4 Å². The SMILES string of the molecule is COC1CCCC(N2CC(=O)NC(C)(C3CC3)C2=O)C1. The second-order valence-corrected chi connectivity index (χ2v) is 6.64. The predicted octanol–water partition coefficient (Wildman–Crippen LogP) is 1.07. The summed E-state index contributed by atoms with van der Waals surface area (Å²) in [6, 6.07) is 0.158. The fourth-order valence-electron chi connectivity index (χ4n) is 3.76. The Kier molecular flexibility index (Phi) is 3.48. The van der Waals surface area contributed by atoms with Crippen molar-refractivity contribution < 1.29 is 14.3 Å². The highest BCUT2D eigenvalue weighted by atomic mass is 16.5. The molecule has 0 spiro atoms. The number of ether oxygens (including phenoxy) is 1. The Hall–Kier alpha value is -1.10. The molecule has 0 radical (unpaired) electrons. The first-order valence-electron chi connectivity index (χ1n) is 7.69. The first-order chi connectivity index (χ1) is 9.54. The van der Waals surface area contributed by atoms with Gasteiger partial charge in [0.2, 0.25) is 11.8 Å². The van der Waals surface area contributed by atoms with Crippen molar-refractivity contribution in [3.63, 3.8) is 0 Å². The average molecular weight is 280 g/mol. The molecule has 3 aliphatic rings. The van der Waals surface area contributed by atoms with E-state index in [0.29, 0.717) is 5.92 Å². The number of carbonyl (C=O) groups excluding carboxylic acids is 2. The Labute approximate surface area is 120 Å². The maximum atomic E-state index is 12.8. The van der Waals surface area contributed by atoms with Gasteiger partial charge in [-0.05, 0) is 51.4 Å². The minimum absolute atomic E-state index is 0.0152.